The van der Waals surface area contributed by atoms with Gasteiger partial charge in [0.25, 0.3) is 0 Å². The van der Waals surface area contributed by atoms with Crippen molar-refractivity contribution in [2.45, 2.75) is 119 Å². The molecule has 164 valence electrons. The third-order valence-corrected chi connectivity index (χ3v) is 7.41. The molecule has 4 fully saturated rings. The highest BCUT2D eigenvalue weighted by Crippen LogP contribution is 2.63. The Kier molecular flexibility index (Phi) is 7.13. The molecule has 0 aromatic carbocycles. The van der Waals surface area contributed by atoms with Gasteiger partial charge in [-0.05, 0) is 84.5 Å². The zero-order valence-corrected chi connectivity index (χ0v) is 17.4. The summed E-state index contributed by atoms with van der Waals surface area (Å²) in [4.78, 5) is 26.0. The summed E-state index contributed by atoms with van der Waals surface area (Å²) in [6, 6.07) is 0. The number of esters is 2. The molecule has 28 heavy (non-hydrogen) atoms. The topological polar surface area (TPSA) is 52.6 Å². The van der Waals surface area contributed by atoms with Crippen molar-refractivity contribution in [2.24, 2.45) is 22.7 Å². The first kappa shape index (κ1) is 25.0. The molecule has 2 unspecified atom stereocenters. The highest BCUT2D eigenvalue weighted by atomic mass is 16.6. The molecule has 0 aromatic rings. The van der Waals surface area contributed by atoms with Crippen LogP contribution in [0.2, 0.25) is 0 Å². The fourth-order valence-corrected chi connectivity index (χ4v) is 5.45. The normalized spacial score (nSPS) is 33.5. The number of carbonyl (C=O) groups is 2. The highest BCUT2D eigenvalue weighted by Gasteiger charge is 2.63. The van der Waals surface area contributed by atoms with Crippen molar-refractivity contribution in [3.8, 4) is 0 Å². The quantitative estimate of drug-likeness (QED) is 0.494. The minimum absolute atomic E-state index is 0. The highest BCUT2D eigenvalue weighted by molar-refractivity contribution is 5.79. The van der Waals surface area contributed by atoms with Crippen molar-refractivity contribution in [3.63, 3.8) is 0 Å². The molecule has 2 atom stereocenters. The molecule has 4 bridgehead atoms. The van der Waals surface area contributed by atoms with Gasteiger partial charge in [0, 0.05) is 6.42 Å². The van der Waals surface area contributed by atoms with Gasteiger partial charge in [-0.25, -0.2) is 0 Å². The van der Waals surface area contributed by atoms with Crippen LogP contribution in [0.3, 0.4) is 0 Å². The van der Waals surface area contributed by atoms with Crippen LogP contribution in [0.4, 0.5) is 0 Å². The summed E-state index contributed by atoms with van der Waals surface area (Å²) in [5, 5.41) is 0. The molecule has 0 saturated heterocycles. The second-order valence-electron chi connectivity index (χ2n) is 10.6. The first-order valence-corrected chi connectivity index (χ1v) is 10.4. The van der Waals surface area contributed by atoms with E-state index in [9.17, 15) is 9.59 Å². The van der Waals surface area contributed by atoms with Crippen molar-refractivity contribution in [3.05, 3.63) is 0 Å². The van der Waals surface area contributed by atoms with E-state index in [0.717, 1.165) is 38.5 Å². The molecule has 0 aliphatic heterocycles. The maximum absolute atomic E-state index is 13.2. The largest absolute Gasteiger partial charge is 0.459 e. The van der Waals surface area contributed by atoms with Crippen LogP contribution in [0.1, 0.15) is 108 Å². The van der Waals surface area contributed by atoms with E-state index in [0.29, 0.717) is 18.3 Å². The van der Waals surface area contributed by atoms with Crippen LogP contribution in [-0.4, -0.2) is 23.1 Å². The minimum Gasteiger partial charge on any atom is -0.459 e. The van der Waals surface area contributed by atoms with Gasteiger partial charge in [-0.15, -0.1) is 0 Å². The standard InChI is InChI=1S/C22H36O4.2CH4/c1-7-19(3,4)17(23)26-22-12-15-9-16(13-22)11-21(10-15,14-22)18(24)25-20(5,6)8-2;;/h15-16H,7-14H2,1-6H3;2*1H4. The van der Waals surface area contributed by atoms with Gasteiger partial charge in [0.05, 0.1) is 10.8 Å². The minimum atomic E-state index is -0.471. The Morgan fingerprint density at radius 3 is 1.93 bits per heavy atom. The van der Waals surface area contributed by atoms with Gasteiger partial charge in [-0.2, -0.15) is 0 Å². The monoisotopic (exact) mass is 396 g/mol. The predicted molar refractivity (Wildman–Crippen MR) is 114 cm³/mol. The maximum atomic E-state index is 13.2. The summed E-state index contributed by atoms with van der Waals surface area (Å²) in [5.74, 6) is 0.783. The molecule has 4 heteroatoms. The molecule has 0 N–H and O–H groups in total. The summed E-state index contributed by atoms with van der Waals surface area (Å²) >= 11 is 0. The third kappa shape index (κ3) is 4.41. The number of ether oxygens (including phenoxy) is 2. The van der Waals surface area contributed by atoms with Crippen molar-refractivity contribution in [1.29, 1.82) is 0 Å². The average Bonchev–Trinajstić information content (AvgIpc) is 2.52. The van der Waals surface area contributed by atoms with E-state index < -0.39 is 22.0 Å². The Morgan fingerprint density at radius 1 is 0.929 bits per heavy atom. The Labute approximate surface area is 173 Å². The molecule has 4 rings (SSSR count). The van der Waals surface area contributed by atoms with Crippen LogP contribution in [0.5, 0.6) is 0 Å². The van der Waals surface area contributed by atoms with Crippen LogP contribution in [0.25, 0.3) is 0 Å². The van der Waals surface area contributed by atoms with Gasteiger partial charge < -0.3 is 9.47 Å². The van der Waals surface area contributed by atoms with Gasteiger partial charge in [-0.3, -0.25) is 9.59 Å². The smallest absolute Gasteiger partial charge is 0.312 e. The molecule has 0 aromatic heterocycles. The second-order valence-corrected chi connectivity index (χ2v) is 10.6. The Balaban J connectivity index is 0.00000196. The molecule has 0 heterocycles. The summed E-state index contributed by atoms with van der Waals surface area (Å²) in [5.41, 5.74) is -1.81. The van der Waals surface area contributed by atoms with Crippen molar-refractivity contribution in [1.82, 2.24) is 0 Å². The fraction of sp³-hybridized carbons (Fsp3) is 0.917. The van der Waals surface area contributed by atoms with Crippen LogP contribution < -0.4 is 0 Å². The van der Waals surface area contributed by atoms with Gasteiger partial charge in [-0.1, -0.05) is 28.7 Å². The Hall–Kier alpha value is -1.06. The average molecular weight is 397 g/mol. The molecule has 4 aliphatic carbocycles. The fourth-order valence-electron chi connectivity index (χ4n) is 5.45. The van der Waals surface area contributed by atoms with E-state index in [4.69, 9.17) is 9.47 Å². The van der Waals surface area contributed by atoms with Gasteiger partial charge in [0.1, 0.15) is 11.2 Å². The summed E-state index contributed by atoms with van der Waals surface area (Å²) in [6.07, 6.45) is 7.01. The van der Waals surface area contributed by atoms with E-state index in [1.807, 2.05) is 41.5 Å². The van der Waals surface area contributed by atoms with Crippen LogP contribution in [-0.2, 0) is 19.1 Å². The van der Waals surface area contributed by atoms with E-state index in [1.54, 1.807) is 0 Å². The van der Waals surface area contributed by atoms with E-state index in [2.05, 4.69) is 0 Å². The molecule has 0 radical (unpaired) electrons. The lowest BCUT2D eigenvalue weighted by molar-refractivity contribution is -0.222. The summed E-state index contributed by atoms with van der Waals surface area (Å²) < 4.78 is 12.1. The maximum Gasteiger partial charge on any atom is 0.312 e. The lowest BCUT2D eigenvalue weighted by Crippen LogP contribution is -2.61. The summed E-state index contributed by atoms with van der Waals surface area (Å²) in [6.45, 7) is 11.9. The lowest BCUT2D eigenvalue weighted by Gasteiger charge is -2.60. The molecule has 0 amide bonds. The predicted octanol–water partition coefficient (Wildman–Crippen LogP) is 6.31. The van der Waals surface area contributed by atoms with Crippen molar-refractivity contribution >= 4 is 11.9 Å². The first-order valence-electron chi connectivity index (χ1n) is 10.4. The molecular weight excluding hydrogens is 352 g/mol. The van der Waals surface area contributed by atoms with Gasteiger partial charge in [0.15, 0.2) is 0 Å². The van der Waals surface area contributed by atoms with E-state index in [1.165, 1.54) is 6.42 Å². The van der Waals surface area contributed by atoms with Crippen LogP contribution >= 0.6 is 0 Å². The second kappa shape index (κ2) is 7.99. The molecule has 4 saturated carbocycles. The Morgan fingerprint density at radius 2 is 1.46 bits per heavy atom. The lowest BCUT2D eigenvalue weighted by atomic mass is 9.48. The number of hydrogen-bond acceptors (Lipinski definition) is 4. The van der Waals surface area contributed by atoms with Crippen LogP contribution in [0, 0.1) is 22.7 Å². The van der Waals surface area contributed by atoms with Crippen molar-refractivity contribution < 1.29 is 19.1 Å². The SMILES string of the molecule is C.C.CCC(C)(C)OC(=O)C12CC3CC(CC(OC(=O)C(C)(C)CC)(C3)C1)C2. The molecular formula is C24H44O4. The van der Waals surface area contributed by atoms with Crippen LogP contribution in [0.15, 0.2) is 0 Å². The zero-order valence-electron chi connectivity index (χ0n) is 17.4. The first-order chi connectivity index (χ1) is 11.9. The molecule has 4 nitrogen and oxygen atoms in total. The molecule has 0 spiro atoms. The van der Waals surface area contributed by atoms with Crippen molar-refractivity contribution in [2.75, 3.05) is 0 Å². The zero-order chi connectivity index (χ0) is 19.4. The number of hydrogen-bond donors (Lipinski definition) is 0. The van der Waals surface area contributed by atoms with E-state index in [-0.39, 0.29) is 26.8 Å². The van der Waals surface area contributed by atoms with Gasteiger partial charge >= 0.3 is 11.9 Å². The third-order valence-electron chi connectivity index (χ3n) is 7.41. The Bertz CT molecular complexity index is 575. The summed E-state index contributed by atoms with van der Waals surface area (Å²) in [7, 11) is 0. The number of rotatable bonds is 6. The molecule has 4 aliphatic rings. The van der Waals surface area contributed by atoms with E-state index >= 15 is 0 Å². The number of carbonyl (C=O) groups excluding carboxylic acids is 2. The van der Waals surface area contributed by atoms with Gasteiger partial charge in [0.2, 0.25) is 0 Å².